The average Bonchev–Trinajstić information content (AvgIpc) is 2.74. The molecule has 1 fully saturated rings. The second-order valence-corrected chi connectivity index (χ2v) is 5.55. The number of benzene rings is 1. The second-order valence-electron chi connectivity index (χ2n) is 4.68. The van der Waals surface area contributed by atoms with Crippen LogP contribution in [0.15, 0.2) is 18.2 Å². The maximum atomic E-state index is 12.2. The number of carbonyl (C=O) groups is 2. The summed E-state index contributed by atoms with van der Waals surface area (Å²) >= 11 is 11.7. The minimum atomic E-state index is -0.902. The molecule has 0 bridgehead atoms. The number of amides is 2. The molecule has 1 aliphatic heterocycles. The van der Waals surface area contributed by atoms with Crippen LogP contribution in [0.25, 0.3) is 0 Å². The summed E-state index contributed by atoms with van der Waals surface area (Å²) in [5, 5.41) is 12.4. The molecule has 0 radical (unpaired) electrons. The van der Waals surface area contributed by atoms with E-state index in [-0.39, 0.29) is 18.5 Å². The SMILES string of the molecule is O=C(O)CC1CCCN1C(=O)Nc1cc(Cl)cc(Cl)c1. The first-order chi connectivity index (χ1) is 9.45. The van der Waals surface area contributed by atoms with Crippen molar-refractivity contribution in [3.8, 4) is 0 Å². The van der Waals surface area contributed by atoms with Crippen molar-refractivity contribution in [3.63, 3.8) is 0 Å². The predicted molar refractivity (Wildman–Crippen MR) is 77.5 cm³/mol. The van der Waals surface area contributed by atoms with Gasteiger partial charge in [0.05, 0.1) is 6.42 Å². The highest BCUT2D eigenvalue weighted by Gasteiger charge is 2.30. The van der Waals surface area contributed by atoms with Gasteiger partial charge in [-0.1, -0.05) is 23.2 Å². The van der Waals surface area contributed by atoms with Gasteiger partial charge >= 0.3 is 12.0 Å². The fraction of sp³-hybridized carbons (Fsp3) is 0.385. The monoisotopic (exact) mass is 316 g/mol. The van der Waals surface area contributed by atoms with E-state index in [9.17, 15) is 9.59 Å². The number of anilines is 1. The van der Waals surface area contributed by atoms with E-state index in [2.05, 4.69) is 5.32 Å². The maximum absolute atomic E-state index is 12.2. The lowest BCUT2D eigenvalue weighted by atomic mass is 10.1. The van der Waals surface area contributed by atoms with E-state index in [0.717, 1.165) is 6.42 Å². The number of carbonyl (C=O) groups excluding carboxylic acids is 1. The van der Waals surface area contributed by atoms with Crippen molar-refractivity contribution in [2.75, 3.05) is 11.9 Å². The Balaban J connectivity index is 2.05. The van der Waals surface area contributed by atoms with Crippen LogP contribution in [-0.4, -0.2) is 34.6 Å². The van der Waals surface area contributed by atoms with E-state index in [1.54, 1.807) is 23.1 Å². The number of urea groups is 1. The Labute approximate surface area is 126 Å². The largest absolute Gasteiger partial charge is 0.481 e. The lowest BCUT2D eigenvalue weighted by molar-refractivity contribution is -0.137. The molecule has 1 heterocycles. The Morgan fingerprint density at radius 1 is 1.30 bits per heavy atom. The average molecular weight is 317 g/mol. The van der Waals surface area contributed by atoms with Gasteiger partial charge in [0.2, 0.25) is 0 Å². The lowest BCUT2D eigenvalue weighted by Gasteiger charge is -2.23. The van der Waals surface area contributed by atoms with Crippen molar-refractivity contribution in [1.29, 1.82) is 0 Å². The van der Waals surface area contributed by atoms with Gasteiger partial charge in [0.25, 0.3) is 0 Å². The molecule has 2 rings (SSSR count). The van der Waals surface area contributed by atoms with Crippen LogP contribution < -0.4 is 5.32 Å². The summed E-state index contributed by atoms with van der Waals surface area (Å²) in [7, 11) is 0. The maximum Gasteiger partial charge on any atom is 0.322 e. The summed E-state index contributed by atoms with van der Waals surface area (Å²) in [6.45, 7) is 0.554. The number of nitrogens with zero attached hydrogens (tertiary/aromatic N) is 1. The minimum Gasteiger partial charge on any atom is -0.481 e. The van der Waals surface area contributed by atoms with Gasteiger partial charge in [0, 0.05) is 28.3 Å². The Kier molecular flexibility index (Phi) is 4.73. The summed E-state index contributed by atoms with van der Waals surface area (Å²) < 4.78 is 0. The summed E-state index contributed by atoms with van der Waals surface area (Å²) in [6.07, 6.45) is 1.47. The van der Waals surface area contributed by atoms with Crippen molar-refractivity contribution in [3.05, 3.63) is 28.2 Å². The molecule has 7 heteroatoms. The Morgan fingerprint density at radius 3 is 2.55 bits per heavy atom. The van der Waals surface area contributed by atoms with Gasteiger partial charge in [-0.05, 0) is 31.0 Å². The molecule has 0 spiro atoms. The van der Waals surface area contributed by atoms with Crippen LogP contribution in [0.5, 0.6) is 0 Å². The van der Waals surface area contributed by atoms with Crippen molar-refractivity contribution < 1.29 is 14.7 Å². The number of aliphatic carboxylic acids is 1. The molecular formula is C13H14Cl2N2O3. The van der Waals surface area contributed by atoms with Gasteiger partial charge in [-0.15, -0.1) is 0 Å². The van der Waals surface area contributed by atoms with E-state index in [1.807, 2.05) is 0 Å². The molecule has 0 aromatic heterocycles. The van der Waals surface area contributed by atoms with Crippen LogP contribution in [-0.2, 0) is 4.79 Å². The number of rotatable bonds is 3. The highest BCUT2D eigenvalue weighted by molar-refractivity contribution is 6.35. The molecule has 1 aromatic rings. The summed E-state index contributed by atoms with van der Waals surface area (Å²) in [6, 6.07) is 4.16. The fourth-order valence-corrected chi connectivity index (χ4v) is 2.86. The van der Waals surface area contributed by atoms with Crippen molar-refractivity contribution in [1.82, 2.24) is 4.90 Å². The summed E-state index contributed by atoms with van der Waals surface area (Å²) in [4.78, 5) is 24.5. The van der Waals surface area contributed by atoms with E-state index >= 15 is 0 Å². The predicted octanol–water partition coefficient (Wildman–Crippen LogP) is 3.46. The van der Waals surface area contributed by atoms with Crippen LogP contribution in [0.4, 0.5) is 10.5 Å². The van der Waals surface area contributed by atoms with Gasteiger partial charge in [-0.2, -0.15) is 0 Å². The van der Waals surface area contributed by atoms with Crippen LogP contribution >= 0.6 is 23.2 Å². The molecule has 1 aliphatic rings. The number of hydrogen-bond donors (Lipinski definition) is 2. The van der Waals surface area contributed by atoms with Crippen molar-refractivity contribution in [2.45, 2.75) is 25.3 Å². The van der Waals surface area contributed by atoms with E-state index in [4.69, 9.17) is 28.3 Å². The molecule has 1 unspecified atom stereocenters. The molecule has 108 valence electrons. The summed E-state index contributed by atoms with van der Waals surface area (Å²) in [5.41, 5.74) is 0.494. The third-order valence-corrected chi connectivity index (χ3v) is 3.60. The first-order valence-corrected chi connectivity index (χ1v) is 6.97. The lowest BCUT2D eigenvalue weighted by Crippen LogP contribution is -2.39. The zero-order chi connectivity index (χ0) is 14.7. The molecule has 20 heavy (non-hydrogen) atoms. The smallest absolute Gasteiger partial charge is 0.322 e. The quantitative estimate of drug-likeness (QED) is 0.897. The molecule has 2 amide bonds. The number of likely N-dealkylation sites (tertiary alicyclic amines) is 1. The van der Waals surface area contributed by atoms with Gasteiger partial charge in [0.15, 0.2) is 0 Å². The van der Waals surface area contributed by atoms with Crippen LogP contribution in [0.2, 0.25) is 10.0 Å². The molecule has 1 atom stereocenters. The van der Waals surface area contributed by atoms with Crippen LogP contribution in [0.1, 0.15) is 19.3 Å². The van der Waals surface area contributed by atoms with Gasteiger partial charge in [0.1, 0.15) is 0 Å². The minimum absolute atomic E-state index is 0.0380. The third-order valence-electron chi connectivity index (χ3n) is 3.16. The molecule has 5 nitrogen and oxygen atoms in total. The van der Waals surface area contributed by atoms with E-state index < -0.39 is 5.97 Å². The van der Waals surface area contributed by atoms with E-state index in [0.29, 0.717) is 28.7 Å². The number of carboxylic acid groups (broad SMARTS) is 1. The first kappa shape index (κ1) is 14.9. The van der Waals surface area contributed by atoms with Crippen LogP contribution in [0.3, 0.4) is 0 Å². The third kappa shape index (κ3) is 3.77. The first-order valence-electron chi connectivity index (χ1n) is 6.21. The molecule has 0 aliphatic carbocycles. The number of hydrogen-bond acceptors (Lipinski definition) is 2. The van der Waals surface area contributed by atoms with E-state index in [1.165, 1.54) is 0 Å². The molecule has 1 saturated heterocycles. The highest BCUT2D eigenvalue weighted by Crippen LogP contribution is 2.25. The van der Waals surface area contributed by atoms with Gasteiger partial charge in [-0.25, -0.2) is 4.79 Å². The standard InChI is InChI=1S/C13H14Cl2N2O3/c14-8-4-9(15)6-10(5-8)16-13(20)17-3-1-2-11(17)7-12(18)19/h4-6,11H,1-3,7H2,(H,16,20)(H,18,19). The van der Waals surface area contributed by atoms with Gasteiger partial charge in [-0.3, -0.25) is 4.79 Å². The highest BCUT2D eigenvalue weighted by atomic mass is 35.5. The molecular weight excluding hydrogens is 303 g/mol. The fourth-order valence-electron chi connectivity index (χ4n) is 2.34. The van der Waals surface area contributed by atoms with Crippen molar-refractivity contribution >= 4 is 40.9 Å². The topological polar surface area (TPSA) is 69.6 Å². The zero-order valence-electron chi connectivity index (χ0n) is 10.6. The number of halogens is 2. The Morgan fingerprint density at radius 2 is 1.95 bits per heavy atom. The summed E-state index contributed by atoms with van der Waals surface area (Å²) in [5.74, 6) is -0.902. The normalized spacial score (nSPS) is 18.1. The zero-order valence-corrected chi connectivity index (χ0v) is 12.1. The number of nitrogens with one attached hydrogen (secondary N) is 1. The Bertz CT molecular complexity index is 516. The molecule has 1 aromatic carbocycles. The second kappa shape index (κ2) is 6.33. The Hall–Kier alpha value is -1.46. The van der Waals surface area contributed by atoms with Crippen LogP contribution in [0, 0.1) is 0 Å². The molecule has 0 saturated carbocycles. The van der Waals surface area contributed by atoms with Gasteiger partial charge < -0.3 is 15.3 Å². The molecule has 2 N–H and O–H groups in total. The number of carboxylic acids is 1. The van der Waals surface area contributed by atoms with Crippen molar-refractivity contribution in [2.24, 2.45) is 0 Å².